The molecule has 1 amide bonds. The topological polar surface area (TPSA) is 92.0 Å². The molecule has 0 saturated carbocycles. The molecule has 0 aliphatic carbocycles. The van der Waals surface area contributed by atoms with E-state index in [4.69, 9.17) is 4.42 Å². The molecule has 30 heavy (non-hydrogen) atoms. The summed E-state index contributed by atoms with van der Waals surface area (Å²) >= 11 is 0. The number of aryl methyl sites for hydroxylation is 1. The maximum Gasteiger partial charge on any atom is 0.289 e. The fourth-order valence-corrected chi connectivity index (χ4v) is 5.42. The summed E-state index contributed by atoms with van der Waals surface area (Å²) in [4.78, 5) is 15.1. The van der Waals surface area contributed by atoms with E-state index in [1.165, 1.54) is 0 Å². The number of amidine groups is 1. The van der Waals surface area contributed by atoms with Gasteiger partial charge in [0.15, 0.2) is 5.76 Å². The smallest absolute Gasteiger partial charge is 0.289 e. The number of furan rings is 1. The van der Waals surface area contributed by atoms with Crippen LogP contribution in [0.15, 0.2) is 62.2 Å². The van der Waals surface area contributed by atoms with Crippen LogP contribution in [0, 0.1) is 12.8 Å². The first-order chi connectivity index (χ1) is 14.4. The van der Waals surface area contributed by atoms with Crippen LogP contribution in [0.1, 0.15) is 29.0 Å². The molecule has 0 unspecified atom stereocenters. The Bertz CT molecular complexity index is 1290. The lowest BCUT2D eigenvalue weighted by Crippen LogP contribution is -2.44. The molecule has 1 aromatic heterocycles. The van der Waals surface area contributed by atoms with Gasteiger partial charge in [-0.25, -0.2) is 0 Å². The molecule has 154 valence electrons. The number of carbonyl (C=O) groups is 1. The molecule has 1 atom stereocenters. The van der Waals surface area contributed by atoms with Gasteiger partial charge in [-0.1, -0.05) is 30.3 Å². The van der Waals surface area contributed by atoms with Gasteiger partial charge in [0.05, 0.1) is 5.69 Å². The Hall–Kier alpha value is -3.13. The average molecular weight is 423 g/mol. The van der Waals surface area contributed by atoms with Crippen LogP contribution in [0.4, 0.5) is 5.69 Å². The van der Waals surface area contributed by atoms with E-state index in [0.29, 0.717) is 36.0 Å². The highest BCUT2D eigenvalue weighted by molar-refractivity contribution is 7.90. The SMILES string of the molecule is Cc1c(C(=O)N2CCC[C@H](C3=NS(=O)(=O)c4ccccc4N3)C2)oc2ccccc12. The van der Waals surface area contributed by atoms with Crippen molar-refractivity contribution in [1.29, 1.82) is 0 Å². The van der Waals surface area contributed by atoms with Crippen molar-refractivity contribution in [3.63, 3.8) is 0 Å². The minimum atomic E-state index is -3.75. The van der Waals surface area contributed by atoms with Crippen molar-refractivity contribution < 1.29 is 17.6 Å². The number of sulfonamides is 1. The van der Waals surface area contributed by atoms with Crippen molar-refractivity contribution in [2.45, 2.75) is 24.7 Å². The van der Waals surface area contributed by atoms with E-state index in [9.17, 15) is 13.2 Å². The van der Waals surface area contributed by atoms with Gasteiger partial charge in [0.1, 0.15) is 16.3 Å². The van der Waals surface area contributed by atoms with Gasteiger partial charge in [0.2, 0.25) is 0 Å². The Morgan fingerprint density at radius 3 is 2.77 bits per heavy atom. The minimum absolute atomic E-state index is 0.173. The molecule has 2 aliphatic rings. The quantitative estimate of drug-likeness (QED) is 0.677. The summed E-state index contributed by atoms with van der Waals surface area (Å²) in [7, 11) is -3.75. The summed E-state index contributed by atoms with van der Waals surface area (Å²) in [6, 6.07) is 14.3. The average Bonchev–Trinajstić information content (AvgIpc) is 3.09. The second-order valence-corrected chi connectivity index (χ2v) is 9.29. The Morgan fingerprint density at radius 1 is 1.17 bits per heavy atom. The fourth-order valence-electron chi connectivity index (χ4n) is 4.22. The highest BCUT2D eigenvalue weighted by atomic mass is 32.2. The van der Waals surface area contributed by atoms with E-state index in [0.717, 1.165) is 23.8 Å². The van der Waals surface area contributed by atoms with E-state index >= 15 is 0 Å². The highest BCUT2D eigenvalue weighted by Gasteiger charge is 2.34. The van der Waals surface area contributed by atoms with Crippen LogP contribution < -0.4 is 5.32 Å². The predicted octanol–water partition coefficient (Wildman–Crippen LogP) is 3.81. The number of nitrogens with zero attached hydrogens (tertiary/aromatic N) is 2. The molecule has 0 bridgehead atoms. The first kappa shape index (κ1) is 18.9. The molecule has 5 rings (SSSR count). The largest absolute Gasteiger partial charge is 0.451 e. The van der Waals surface area contributed by atoms with Crippen LogP contribution in [0.5, 0.6) is 0 Å². The van der Waals surface area contributed by atoms with E-state index in [1.54, 1.807) is 29.2 Å². The van der Waals surface area contributed by atoms with Crippen LogP contribution in [0.25, 0.3) is 11.0 Å². The van der Waals surface area contributed by atoms with Crippen molar-refractivity contribution in [1.82, 2.24) is 4.90 Å². The molecule has 1 fully saturated rings. The number of hydrogen-bond donors (Lipinski definition) is 1. The van der Waals surface area contributed by atoms with Crippen LogP contribution in [0.3, 0.4) is 0 Å². The second-order valence-electron chi connectivity index (χ2n) is 7.72. The number of anilines is 1. The number of benzene rings is 2. The third-order valence-corrected chi connectivity index (χ3v) is 7.13. The summed E-state index contributed by atoms with van der Waals surface area (Å²) in [6.07, 6.45) is 1.52. The lowest BCUT2D eigenvalue weighted by Gasteiger charge is -2.34. The second kappa shape index (κ2) is 6.98. The Balaban J connectivity index is 1.42. The van der Waals surface area contributed by atoms with E-state index in [-0.39, 0.29) is 16.7 Å². The van der Waals surface area contributed by atoms with Gasteiger partial charge >= 0.3 is 0 Å². The summed E-state index contributed by atoms with van der Waals surface area (Å²) in [6.45, 7) is 2.87. The van der Waals surface area contributed by atoms with Gasteiger partial charge in [-0.15, -0.1) is 4.40 Å². The number of nitrogens with one attached hydrogen (secondary N) is 1. The maximum absolute atomic E-state index is 13.2. The first-order valence-corrected chi connectivity index (χ1v) is 11.4. The van der Waals surface area contributed by atoms with Crippen LogP contribution in [-0.2, 0) is 10.0 Å². The molecular formula is C22H21N3O4S. The summed E-state index contributed by atoms with van der Waals surface area (Å²) in [5.74, 6) is 0.379. The fraction of sp³-hybridized carbons (Fsp3) is 0.273. The van der Waals surface area contributed by atoms with Crippen LogP contribution in [-0.4, -0.2) is 38.2 Å². The minimum Gasteiger partial charge on any atom is -0.451 e. The number of amides is 1. The number of carbonyl (C=O) groups excluding carboxylic acids is 1. The van der Waals surface area contributed by atoms with Crippen LogP contribution in [0.2, 0.25) is 0 Å². The summed E-state index contributed by atoms with van der Waals surface area (Å²) < 4.78 is 35.0. The van der Waals surface area contributed by atoms with Crippen molar-refractivity contribution in [3.05, 3.63) is 59.9 Å². The predicted molar refractivity (Wildman–Crippen MR) is 114 cm³/mol. The number of rotatable bonds is 2. The molecule has 1 N–H and O–H groups in total. The molecule has 8 heteroatoms. The molecule has 7 nitrogen and oxygen atoms in total. The van der Waals surface area contributed by atoms with E-state index < -0.39 is 10.0 Å². The highest BCUT2D eigenvalue weighted by Crippen LogP contribution is 2.31. The van der Waals surface area contributed by atoms with E-state index in [1.807, 2.05) is 31.2 Å². The van der Waals surface area contributed by atoms with Gasteiger partial charge in [-0.3, -0.25) is 4.79 Å². The first-order valence-electron chi connectivity index (χ1n) is 9.92. The third-order valence-electron chi connectivity index (χ3n) is 5.78. The number of hydrogen-bond acceptors (Lipinski definition) is 5. The van der Waals surface area contributed by atoms with Gasteiger partial charge in [-0.2, -0.15) is 8.42 Å². The van der Waals surface area contributed by atoms with Crippen LogP contribution >= 0.6 is 0 Å². The van der Waals surface area contributed by atoms with Crippen molar-refractivity contribution in [2.75, 3.05) is 18.4 Å². The summed E-state index contributed by atoms with van der Waals surface area (Å²) in [5, 5.41) is 4.09. The zero-order chi connectivity index (χ0) is 20.9. The zero-order valence-corrected chi connectivity index (χ0v) is 17.3. The normalized spacial score (nSPS) is 20.4. The molecule has 2 aliphatic heterocycles. The monoisotopic (exact) mass is 423 g/mol. The number of likely N-dealkylation sites (tertiary alicyclic amines) is 1. The molecule has 0 radical (unpaired) electrons. The van der Waals surface area contributed by atoms with Crippen molar-refractivity contribution >= 4 is 38.4 Å². The standard InChI is InChI=1S/C22H21N3O4S/c1-14-16-8-2-4-10-18(16)29-20(14)22(26)25-12-6-7-15(13-25)21-23-17-9-3-5-11-19(17)30(27,28)24-21/h2-5,8-11,15H,6-7,12-13H2,1H3,(H,23,24)/t15-/m0/s1. The molecule has 3 heterocycles. The number of para-hydroxylation sites is 2. The lowest BCUT2D eigenvalue weighted by molar-refractivity contribution is 0.0672. The maximum atomic E-state index is 13.2. The number of piperidine rings is 1. The van der Waals surface area contributed by atoms with Gasteiger partial charge < -0.3 is 14.6 Å². The molecule has 2 aromatic carbocycles. The zero-order valence-electron chi connectivity index (χ0n) is 16.5. The van der Waals surface area contributed by atoms with Crippen molar-refractivity contribution in [3.8, 4) is 0 Å². The van der Waals surface area contributed by atoms with Gasteiger partial charge in [0.25, 0.3) is 15.9 Å². The molecule has 3 aromatic rings. The lowest BCUT2D eigenvalue weighted by atomic mass is 9.96. The molecule has 0 spiro atoms. The van der Waals surface area contributed by atoms with Crippen molar-refractivity contribution in [2.24, 2.45) is 10.3 Å². The van der Waals surface area contributed by atoms with E-state index in [2.05, 4.69) is 9.71 Å². The van der Waals surface area contributed by atoms with Gasteiger partial charge in [-0.05, 0) is 38.0 Å². The van der Waals surface area contributed by atoms with Gasteiger partial charge in [0, 0.05) is 30.0 Å². The Labute approximate surface area is 174 Å². The summed E-state index contributed by atoms with van der Waals surface area (Å²) in [5.41, 5.74) is 2.04. The molecular weight excluding hydrogens is 402 g/mol. The third kappa shape index (κ3) is 3.08. The molecule has 1 saturated heterocycles. The Morgan fingerprint density at radius 2 is 1.93 bits per heavy atom. The Kier molecular flexibility index (Phi) is 4.39. The number of fused-ring (bicyclic) bond motifs is 2.